The highest BCUT2D eigenvalue weighted by Crippen LogP contribution is 2.57. The van der Waals surface area contributed by atoms with Gasteiger partial charge >= 0.3 is 0 Å². The van der Waals surface area contributed by atoms with Crippen LogP contribution in [0.15, 0.2) is 188 Å². The Hall–Kier alpha value is -6.45. The summed E-state index contributed by atoms with van der Waals surface area (Å²) in [5.74, 6) is 0.709. The van der Waals surface area contributed by atoms with Gasteiger partial charge in [0.05, 0.1) is 16.8 Å². The van der Waals surface area contributed by atoms with Crippen LogP contribution in [0.1, 0.15) is 22.3 Å². The molecule has 3 heteroatoms. The zero-order valence-electron chi connectivity index (χ0n) is 26.7. The standard InChI is InChI=1S/C46H31N3/c1-5-13-33(14-6-1)43-31-44(49-45(48-43)34-15-7-2-8-16-34)36-22-24-42-40(30-36)39-29-35(32-25-27-47-28-26-32)21-23-41(39)46(42,37-17-9-3-10-18-37)38-19-11-4-12-20-38/h1-31H. The quantitative estimate of drug-likeness (QED) is 0.185. The van der Waals surface area contributed by atoms with Crippen LogP contribution in [-0.2, 0) is 5.41 Å². The van der Waals surface area contributed by atoms with Gasteiger partial charge in [-0.05, 0) is 74.8 Å². The second-order valence-corrected chi connectivity index (χ2v) is 12.4. The Morgan fingerprint density at radius 3 is 1.39 bits per heavy atom. The molecule has 6 aromatic carbocycles. The van der Waals surface area contributed by atoms with Crippen LogP contribution in [0, 0.1) is 0 Å². The average Bonchev–Trinajstić information content (AvgIpc) is 3.49. The van der Waals surface area contributed by atoms with Crippen molar-refractivity contribution in [3.8, 4) is 56.2 Å². The van der Waals surface area contributed by atoms with Gasteiger partial charge in [0.1, 0.15) is 0 Å². The van der Waals surface area contributed by atoms with E-state index in [-0.39, 0.29) is 0 Å². The van der Waals surface area contributed by atoms with E-state index in [4.69, 9.17) is 9.97 Å². The maximum absolute atomic E-state index is 5.18. The van der Waals surface area contributed by atoms with Crippen molar-refractivity contribution in [2.24, 2.45) is 0 Å². The van der Waals surface area contributed by atoms with E-state index in [1.165, 1.54) is 33.4 Å². The third kappa shape index (κ3) is 4.87. The van der Waals surface area contributed by atoms with Gasteiger partial charge in [0.25, 0.3) is 0 Å². The lowest BCUT2D eigenvalue weighted by Crippen LogP contribution is -2.28. The van der Waals surface area contributed by atoms with E-state index in [0.717, 1.165) is 39.2 Å². The van der Waals surface area contributed by atoms with Crippen LogP contribution >= 0.6 is 0 Å². The number of rotatable bonds is 6. The van der Waals surface area contributed by atoms with E-state index in [2.05, 4.69) is 157 Å². The van der Waals surface area contributed by atoms with Gasteiger partial charge in [-0.25, -0.2) is 9.97 Å². The molecule has 0 N–H and O–H groups in total. The molecule has 0 radical (unpaired) electrons. The van der Waals surface area contributed by atoms with Crippen LogP contribution in [0.25, 0.3) is 56.2 Å². The Kier molecular flexibility index (Phi) is 7.02. The molecule has 1 aliphatic carbocycles. The molecule has 0 spiro atoms. The van der Waals surface area contributed by atoms with Gasteiger partial charge in [-0.2, -0.15) is 0 Å². The molecular weight excluding hydrogens is 595 g/mol. The number of hydrogen-bond acceptors (Lipinski definition) is 3. The van der Waals surface area contributed by atoms with Crippen LogP contribution < -0.4 is 0 Å². The molecule has 3 nitrogen and oxygen atoms in total. The maximum Gasteiger partial charge on any atom is 0.160 e. The Balaban J connectivity index is 1.31. The monoisotopic (exact) mass is 625 g/mol. The molecule has 2 aromatic heterocycles. The predicted octanol–water partition coefficient (Wildman–Crippen LogP) is 10.9. The van der Waals surface area contributed by atoms with Gasteiger partial charge in [0.15, 0.2) is 5.82 Å². The summed E-state index contributed by atoms with van der Waals surface area (Å²) in [6.07, 6.45) is 3.72. The van der Waals surface area contributed by atoms with E-state index in [0.29, 0.717) is 5.82 Å². The molecule has 0 saturated heterocycles. The van der Waals surface area contributed by atoms with Gasteiger partial charge in [0.2, 0.25) is 0 Å². The average molecular weight is 626 g/mol. The summed E-state index contributed by atoms with van der Waals surface area (Å²) in [7, 11) is 0. The molecule has 0 bridgehead atoms. The summed E-state index contributed by atoms with van der Waals surface area (Å²) in [6.45, 7) is 0. The highest BCUT2D eigenvalue weighted by atomic mass is 14.9. The predicted molar refractivity (Wildman–Crippen MR) is 199 cm³/mol. The number of nitrogens with zero attached hydrogens (tertiary/aromatic N) is 3. The molecule has 2 heterocycles. The third-order valence-corrected chi connectivity index (χ3v) is 9.69. The van der Waals surface area contributed by atoms with Crippen molar-refractivity contribution in [2.75, 3.05) is 0 Å². The molecule has 230 valence electrons. The van der Waals surface area contributed by atoms with Crippen LogP contribution in [0.5, 0.6) is 0 Å². The van der Waals surface area contributed by atoms with Crippen molar-refractivity contribution in [1.29, 1.82) is 0 Å². The minimum atomic E-state index is -0.488. The van der Waals surface area contributed by atoms with Crippen LogP contribution in [-0.4, -0.2) is 15.0 Å². The number of benzene rings is 6. The Morgan fingerprint density at radius 2 is 0.816 bits per heavy atom. The zero-order valence-corrected chi connectivity index (χ0v) is 26.7. The fraction of sp³-hybridized carbons (Fsp3) is 0.0217. The molecule has 0 saturated carbocycles. The molecular formula is C46H31N3. The van der Waals surface area contributed by atoms with E-state index < -0.39 is 5.41 Å². The summed E-state index contributed by atoms with van der Waals surface area (Å²) in [5.41, 5.74) is 14.1. The lowest BCUT2D eigenvalue weighted by Gasteiger charge is -2.34. The summed E-state index contributed by atoms with van der Waals surface area (Å²) in [6, 6.07) is 62.5. The van der Waals surface area contributed by atoms with Crippen molar-refractivity contribution in [2.45, 2.75) is 5.41 Å². The smallest absolute Gasteiger partial charge is 0.160 e. The first-order chi connectivity index (χ1) is 24.3. The molecule has 0 amide bonds. The van der Waals surface area contributed by atoms with E-state index in [1.54, 1.807) is 0 Å². The SMILES string of the molecule is c1ccc(-c2cc(-c3ccc4c(c3)-c3cc(-c5ccncc5)ccc3C4(c3ccccc3)c3ccccc3)nc(-c3ccccc3)n2)cc1. The Morgan fingerprint density at radius 1 is 0.347 bits per heavy atom. The fourth-order valence-corrected chi connectivity index (χ4v) is 7.45. The topological polar surface area (TPSA) is 38.7 Å². The summed E-state index contributed by atoms with van der Waals surface area (Å²) in [4.78, 5) is 14.5. The molecule has 0 aliphatic heterocycles. The lowest BCUT2D eigenvalue weighted by atomic mass is 9.67. The molecule has 0 unspecified atom stereocenters. The van der Waals surface area contributed by atoms with E-state index in [9.17, 15) is 0 Å². The normalized spacial score (nSPS) is 12.7. The molecule has 0 fully saturated rings. The molecule has 49 heavy (non-hydrogen) atoms. The van der Waals surface area contributed by atoms with Crippen molar-refractivity contribution in [3.05, 3.63) is 211 Å². The zero-order chi connectivity index (χ0) is 32.6. The molecule has 8 aromatic rings. The minimum Gasteiger partial charge on any atom is -0.265 e. The summed E-state index contributed by atoms with van der Waals surface area (Å²) >= 11 is 0. The minimum absolute atomic E-state index is 0.488. The van der Waals surface area contributed by atoms with Crippen molar-refractivity contribution in [3.63, 3.8) is 0 Å². The summed E-state index contributed by atoms with van der Waals surface area (Å²) in [5, 5.41) is 0. The van der Waals surface area contributed by atoms with Gasteiger partial charge < -0.3 is 0 Å². The Labute approximate surface area is 286 Å². The van der Waals surface area contributed by atoms with E-state index in [1.807, 2.05) is 36.7 Å². The van der Waals surface area contributed by atoms with Gasteiger partial charge in [0, 0.05) is 29.1 Å². The highest BCUT2D eigenvalue weighted by Gasteiger charge is 2.46. The van der Waals surface area contributed by atoms with Crippen LogP contribution in [0.2, 0.25) is 0 Å². The molecule has 0 atom stereocenters. The molecule has 9 rings (SSSR count). The summed E-state index contributed by atoms with van der Waals surface area (Å²) < 4.78 is 0. The number of hydrogen-bond donors (Lipinski definition) is 0. The van der Waals surface area contributed by atoms with E-state index >= 15 is 0 Å². The lowest BCUT2D eigenvalue weighted by molar-refractivity contribution is 0.768. The number of fused-ring (bicyclic) bond motifs is 3. The van der Waals surface area contributed by atoms with Crippen molar-refractivity contribution < 1.29 is 0 Å². The first-order valence-electron chi connectivity index (χ1n) is 16.6. The number of pyridine rings is 1. The fourth-order valence-electron chi connectivity index (χ4n) is 7.45. The van der Waals surface area contributed by atoms with Gasteiger partial charge in [-0.3, -0.25) is 4.98 Å². The largest absolute Gasteiger partial charge is 0.265 e. The third-order valence-electron chi connectivity index (χ3n) is 9.69. The highest BCUT2D eigenvalue weighted by molar-refractivity contribution is 5.91. The van der Waals surface area contributed by atoms with Crippen molar-refractivity contribution in [1.82, 2.24) is 15.0 Å². The van der Waals surface area contributed by atoms with Gasteiger partial charge in [-0.1, -0.05) is 146 Å². The second-order valence-electron chi connectivity index (χ2n) is 12.4. The van der Waals surface area contributed by atoms with Crippen LogP contribution in [0.3, 0.4) is 0 Å². The van der Waals surface area contributed by atoms with Crippen molar-refractivity contribution >= 4 is 0 Å². The second kappa shape index (κ2) is 12.0. The van der Waals surface area contributed by atoms with Gasteiger partial charge in [-0.15, -0.1) is 0 Å². The molecule has 1 aliphatic rings. The first-order valence-corrected chi connectivity index (χ1v) is 16.6. The van der Waals surface area contributed by atoms with Crippen LogP contribution in [0.4, 0.5) is 0 Å². The first kappa shape index (κ1) is 28.7. The maximum atomic E-state index is 5.18. The Bertz CT molecular complexity index is 2310. The number of aromatic nitrogens is 3.